The van der Waals surface area contributed by atoms with E-state index in [1.165, 1.54) is 5.56 Å². The second-order valence-corrected chi connectivity index (χ2v) is 5.54. The predicted molar refractivity (Wildman–Crippen MR) is 108 cm³/mol. The van der Waals surface area contributed by atoms with Crippen LogP contribution in [0, 0.1) is 0 Å². The molecule has 5 nitrogen and oxygen atoms in total. The van der Waals surface area contributed by atoms with Crippen LogP contribution in [0.1, 0.15) is 25.0 Å². The molecule has 0 aliphatic carbocycles. The molecule has 1 aromatic carbocycles. The van der Waals surface area contributed by atoms with Gasteiger partial charge in [-0.25, -0.2) is 4.99 Å². The quantitative estimate of drug-likeness (QED) is 0.354. The van der Waals surface area contributed by atoms with Gasteiger partial charge in [0.2, 0.25) is 5.91 Å². The van der Waals surface area contributed by atoms with Crippen molar-refractivity contribution in [1.29, 1.82) is 0 Å². The van der Waals surface area contributed by atoms with Crippen LogP contribution in [-0.2, 0) is 17.8 Å². The maximum Gasteiger partial charge on any atom is 0.406 e. The molecule has 2 N–H and O–H groups in total. The maximum atomic E-state index is 12.3. The number of benzene rings is 1. The molecule has 0 heterocycles. The molecule has 0 unspecified atom stereocenters. The Morgan fingerprint density at radius 1 is 1.15 bits per heavy atom. The summed E-state index contributed by atoms with van der Waals surface area (Å²) < 4.78 is 36.9. The monoisotopic (exact) mass is 486 g/mol. The van der Waals surface area contributed by atoms with Gasteiger partial charge >= 0.3 is 6.18 Å². The van der Waals surface area contributed by atoms with Crippen LogP contribution in [0.4, 0.5) is 13.2 Å². The normalized spacial score (nSPS) is 11.5. The smallest absolute Gasteiger partial charge is 0.357 e. The van der Waals surface area contributed by atoms with Crippen molar-refractivity contribution in [1.82, 2.24) is 15.5 Å². The second kappa shape index (κ2) is 12.0. The van der Waals surface area contributed by atoms with E-state index in [0.717, 1.165) is 19.0 Å². The SMILES string of the molecule is CCNC(=NCc1ccccc1CC)NCC(=O)N(C)CC(F)(F)F.I. The highest BCUT2D eigenvalue weighted by molar-refractivity contribution is 14.0. The molecule has 0 bridgehead atoms. The zero-order chi connectivity index (χ0) is 18.9. The molecule has 0 atom stereocenters. The van der Waals surface area contributed by atoms with Crippen molar-refractivity contribution in [3.63, 3.8) is 0 Å². The topological polar surface area (TPSA) is 56.7 Å². The van der Waals surface area contributed by atoms with Crippen molar-refractivity contribution >= 4 is 35.8 Å². The Labute approximate surface area is 169 Å². The number of rotatable bonds is 7. The van der Waals surface area contributed by atoms with Crippen molar-refractivity contribution in [3.8, 4) is 0 Å². The Balaban J connectivity index is 0.00000625. The summed E-state index contributed by atoms with van der Waals surface area (Å²) in [4.78, 5) is 16.8. The lowest BCUT2D eigenvalue weighted by molar-refractivity contribution is -0.157. The van der Waals surface area contributed by atoms with Crippen LogP contribution in [-0.4, -0.2) is 49.6 Å². The Morgan fingerprint density at radius 3 is 2.31 bits per heavy atom. The molecule has 0 saturated carbocycles. The highest BCUT2D eigenvalue weighted by Crippen LogP contribution is 2.15. The van der Waals surface area contributed by atoms with Gasteiger partial charge in [-0.3, -0.25) is 4.79 Å². The first kappa shape index (κ1) is 24.5. The molecule has 0 fully saturated rings. The first-order valence-electron chi connectivity index (χ1n) is 8.16. The number of halogens is 4. The summed E-state index contributed by atoms with van der Waals surface area (Å²) in [5, 5.41) is 5.75. The van der Waals surface area contributed by atoms with Gasteiger partial charge in [-0.05, 0) is 24.5 Å². The molecule has 9 heteroatoms. The fraction of sp³-hybridized carbons (Fsp3) is 0.529. The minimum atomic E-state index is -4.41. The third-order valence-electron chi connectivity index (χ3n) is 3.50. The van der Waals surface area contributed by atoms with Gasteiger partial charge in [-0.15, -0.1) is 24.0 Å². The zero-order valence-electron chi connectivity index (χ0n) is 15.2. The lowest BCUT2D eigenvalue weighted by Crippen LogP contribution is -2.45. The summed E-state index contributed by atoms with van der Waals surface area (Å²) in [6.07, 6.45) is -3.52. The first-order valence-corrected chi connectivity index (χ1v) is 8.16. The van der Waals surface area contributed by atoms with Crippen molar-refractivity contribution in [2.75, 3.05) is 26.7 Å². The fourth-order valence-electron chi connectivity index (χ4n) is 2.21. The number of alkyl halides is 3. The van der Waals surface area contributed by atoms with Crippen molar-refractivity contribution in [3.05, 3.63) is 35.4 Å². The van der Waals surface area contributed by atoms with Crippen LogP contribution in [0.3, 0.4) is 0 Å². The molecule has 1 aromatic rings. The molecule has 0 aromatic heterocycles. The molecule has 26 heavy (non-hydrogen) atoms. The number of carbonyl (C=O) groups is 1. The molecule has 0 radical (unpaired) electrons. The molecule has 1 amide bonds. The van der Waals surface area contributed by atoms with Crippen molar-refractivity contribution < 1.29 is 18.0 Å². The second-order valence-electron chi connectivity index (χ2n) is 5.54. The summed E-state index contributed by atoms with van der Waals surface area (Å²) in [7, 11) is 1.12. The van der Waals surface area contributed by atoms with E-state index in [1.807, 2.05) is 31.2 Å². The van der Waals surface area contributed by atoms with E-state index in [4.69, 9.17) is 0 Å². The van der Waals surface area contributed by atoms with Crippen molar-refractivity contribution in [2.24, 2.45) is 4.99 Å². The summed E-state index contributed by atoms with van der Waals surface area (Å²) in [6.45, 7) is 3.40. The van der Waals surface area contributed by atoms with Gasteiger partial charge in [-0.2, -0.15) is 13.2 Å². The highest BCUT2D eigenvalue weighted by atomic mass is 127. The van der Waals surface area contributed by atoms with Crippen LogP contribution in [0.2, 0.25) is 0 Å². The van der Waals surface area contributed by atoms with Crippen LogP contribution in [0.15, 0.2) is 29.3 Å². The number of nitrogens with one attached hydrogen (secondary N) is 2. The predicted octanol–water partition coefficient (Wildman–Crippen LogP) is 2.94. The highest BCUT2D eigenvalue weighted by Gasteiger charge is 2.31. The van der Waals surface area contributed by atoms with E-state index in [0.29, 0.717) is 23.9 Å². The van der Waals surface area contributed by atoms with Crippen LogP contribution in [0.25, 0.3) is 0 Å². The van der Waals surface area contributed by atoms with E-state index < -0.39 is 18.6 Å². The number of guanidine groups is 1. The molecule has 0 spiro atoms. The molecular formula is C17H26F3IN4O. The third kappa shape index (κ3) is 9.25. The number of hydrogen-bond donors (Lipinski definition) is 2. The largest absolute Gasteiger partial charge is 0.406 e. The lowest BCUT2D eigenvalue weighted by Gasteiger charge is -2.20. The van der Waals surface area contributed by atoms with E-state index in [2.05, 4.69) is 22.5 Å². The van der Waals surface area contributed by atoms with Crippen LogP contribution in [0.5, 0.6) is 0 Å². The third-order valence-corrected chi connectivity index (χ3v) is 3.50. The number of aryl methyl sites for hydroxylation is 1. The van der Waals surface area contributed by atoms with Crippen LogP contribution >= 0.6 is 24.0 Å². The number of nitrogens with zero attached hydrogens (tertiary/aromatic N) is 2. The number of amides is 1. The Kier molecular flexibility index (Phi) is 11.3. The Morgan fingerprint density at radius 2 is 1.77 bits per heavy atom. The number of likely N-dealkylation sites (N-methyl/N-ethyl adjacent to an activating group) is 1. The van der Waals surface area contributed by atoms with Gasteiger partial charge in [0.15, 0.2) is 5.96 Å². The van der Waals surface area contributed by atoms with Gasteiger partial charge in [0, 0.05) is 13.6 Å². The van der Waals surface area contributed by atoms with Gasteiger partial charge in [0.25, 0.3) is 0 Å². The van der Waals surface area contributed by atoms with Gasteiger partial charge in [0.05, 0.1) is 13.1 Å². The van der Waals surface area contributed by atoms with Crippen LogP contribution < -0.4 is 10.6 Å². The average molecular weight is 486 g/mol. The first-order chi connectivity index (χ1) is 11.8. The minimum Gasteiger partial charge on any atom is -0.357 e. The molecule has 0 saturated heterocycles. The van der Waals surface area contributed by atoms with Gasteiger partial charge < -0.3 is 15.5 Å². The minimum absolute atomic E-state index is 0. The molecule has 1 rings (SSSR count). The number of hydrogen-bond acceptors (Lipinski definition) is 2. The summed E-state index contributed by atoms with van der Waals surface area (Å²) in [5.74, 6) is -0.265. The van der Waals surface area contributed by atoms with Gasteiger partial charge in [0.1, 0.15) is 6.54 Å². The standard InChI is InChI=1S/C17H25F3N4O.HI/c1-4-13-8-6-7-9-14(13)10-22-16(21-5-2)23-11-15(25)24(3)12-17(18,19)20;/h6-9H,4-5,10-12H2,1-3H3,(H2,21,22,23);1H. The molecule has 148 valence electrons. The van der Waals surface area contributed by atoms with E-state index >= 15 is 0 Å². The Hall–Kier alpha value is -1.52. The summed E-state index contributed by atoms with van der Waals surface area (Å²) in [5.41, 5.74) is 2.26. The summed E-state index contributed by atoms with van der Waals surface area (Å²) >= 11 is 0. The maximum absolute atomic E-state index is 12.3. The zero-order valence-corrected chi connectivity index (χ0v) is 17.5. The number of aliphatic imine (C=N–C) groups is 1. The van der Waals surface area contributed by atoms with Crippen molar-refractivity contribution in [2.45, 2.75) is 33.0 Å². The lowest BCUT2D eigenvalue weighted by atomic mass is 10.1. The van der Waals surface area contributed by atoms with Gasteiger partial charge in [-0.1, -0.05) is 31.2 Å². The fourth-order valence-corrected chi connectivity index (χ4v) is 2.21. The molecular weight excluding hydrogens is 460 g/mol. The molecule has 0 aliphatic heterocycles. The molecule has 0 aliphatic rings. The van der Waals surface area contributed by atoms with E-state index in [1.54, 1.807) is 0 Å². The summed E-state index contributed by atoms with van der Waals surface area (Å²) in [6, 6.07) is 7.90. The number of carbonyl (C=O) groups excluding carboxylic acids is 1. The van der Waals surface area contributed by atoms with E-state index in [9.17, 15) is 18.0 Å². The Bertz CT molecular complexity index is 594. The average Bonchev–Trinajstić information content (AvgIpc) is 2.55. The van der Waals surface area contributed by atoms with E-state index in [-0.39, 0.29) is 30.5 Å².